The largest absolute Gasteiger partial charge is 0.353 e. The highest BCUT2D eigenvalue weighted by atomic mass is 32.1. The van der Waals surface area contributed by atoms with Gasteiger partial charge < -0.3 is 14.7 Å². The predicted molar refractivity (Wildman–Crippen MR) is 101 cm³/mol. The lowest BCUT2D eigenvalue weighted by Crippen LogP contribution is -2.54. The number of amides is 2. The first-order valence-electron chi connectivity index (χ1n) is 9.03. The Labute approximate surface area is 157 Å². The molecule has 2 aromatic heterocycles. The number of piperazine rings is 1. The van der Waals surface area contributed by atoms with Gasteiger partial charge in [0.1, 0.15) is 11.9 Å². The lowest BCUT2D eigenvalue weighted by atomic mass is 10.1. The Hall–Kier alpha value is -2.41. The maximum Gasteiger partial charge on any atom is 0.264 e. The molecule has 7 heteroatoms. The van der Waals surface area contributed by atoms with Gasteiger partial charge in [-0.05, 0) is 36.4 Å². The van der Waals surface area contributed by atoms with Crippen LogP contribution in [0.3, 0.4) is 0 Å². The number of aromatic nitrogens is 1. The molecule has 6 nitrogen and oxygen atoms in total. The quantitative estimate of drug-likeness (QED) is 0.830. The number of anilines is 1. The van der Waals surface area contributed by atoms with Gasteiger partial charge in [-0.1, -0.05) is 12.1 Å². The van der Waals surface area contributed by atoms with E-state index in [4.69, 9.17) is 0 Å². The Morgan fingerprint density at radius 1 is 1.04 bits per heavy atom. The van der Waals surface area contributed by atoms with Crippen molar-refractivity contribution < 1.29 is 9.59 Å². The summed E-state index contributed by atoms with van der Waals surface area (Å²) in [6.07, 6.45) is 3.44. The summed E-state index contributed by atoms with van der Waals surface area (Å²) in [6.45, 7) is 3.56. The minimum Gasteiger partial charge on any atom is -0.353 e. The van der Waals surface area contributed by atoms with E-state index in [1.54, 1.807) is 11.1 Å². The van der Waals surface area contributed by atoms with E-state index < -0.39 is 0 Å². The zero-order valence-corrected chi connectivity index (χ0v) is 15.4. The van der Waals surface area contributed by atoms with E-state index in [2.05, 4.69) is 9.88 Å². The number of likely N-dealkylation sites (tertiary alicyclic amines) is 1. The average Bonchev–Trinajstić information content (AvgIpc) is 3.40. The van der Waals surface area contributed by atoms with Crippen molar-refractivity contribution in [3.63, 3.8) is 0 Å². The minimum absolute atomic E-state index is 0.0111. The minimum atomic E-state index is -0.314. The summed E-state index contributed by atoms with van der Waals surface area (Å²) >= 11 is 1.44. The second kappa shape index (κ2) is 7.45. The topological polar surface area (TPSA) is 56.8 Å². The van der Waals surface area contributed by atoms with Gasteiger partial charge in [0.25, 0.3) is 5.91 Å². The maximum atomic E-state index is 13.0. The number of nitrogens with zero attached hydrogens (tertiary/aromatic N) is 4. The molecule has 2 aliphatic heterocycles. The number of rotatable bonds is 3. The monoisotopic (exact) mass is 370 g/mol. The van der Waals surface area contributed by atoms with Gasteiger partial charge in [0, 0.05) is 38.9 Å². The number of pyridine rings is 1. The van der Waals surface area contributed by atoms with Crippen molar-refractivity contribution in [2.24, 2.45) is 0 Å². The van der Waals surface area contributed by atoms with Crippen molar-refractivity contribution in [2.75, 3.05) is 37.6 Å². The first-order chi connectivity index (χ1) is 12.7. The van der Waals surface area contributed by atoms with Crippen molar-refractivity contribution in [3.8, 4) is 0 Å². The van der Waals surface area contributed by atoms with Crippen LogP contribution in [0, 0.1) is 0 Å². The smallest absolute Gasteiger partial charge is 0.264 e. The van der Waals surface area contributed by atoms with Crippen LogP contribution >= 0.6 is 11.3 Å². The third kappa shape index (κ3) is 3.31. The zero-order chi connectivity index (χ0) is 17.9. The van der Waals surface area contributed by atoms with Crippen LogP contribution in [0.1, 0.15) is 22.5 Å². The molecule has 0 aliphatic carbocycles. The first kappa shape index (κ1) is 17.0. The fraction of sp³-hybridized carbons (Fsp3) is 0.421. The van der Waals surface area contributed by atoms with Crippen molar-refractivity contribution in [3.05, 3.63) is 46.8 Å². The van der Waals surface area contributed by atoms with E-state index in [0.717, 1.165) is 31.7 Å². The third-order valence-electron chi connectivity index (χ3n) is 5.10. The molecule has 2 aliphatic rings. The van der Waals surface area contributed by atoms with Crippen LogP contribution in [-0.2, 0) is 4.79 Å². The van der Waals surface area contributed by atoms with E-state index in [1.165, 1.54) is 11.3 Å². The normalized spacial score (nSPS) is 20.5. The molecule has 2 aromatic rings. The van der Waals surface area contributed by atoms with Crippen LogP contribution in [0.2, 0.25) is 0 Å². The maximum absolute atomic E-state index is 13.0. The number of carbonyl (C=O) groups excluding carboxylic acids is 2. The fourth-order valence-corrected chi connectivity index (χ4v) is 4.39. The van der Waals surface area contributed by atoms with Crippen LogP contribution in [0.25, 0.3) is 0 Å². The Morgan fingerprint density at radius 3 is 2.58 bits per heavy atom. The summed E-state index contributed by atoms with van der Waals surface area (Å²) in [5, 5.41) is 1.90. The highest BCUT2D eigenvalue weighted by Crippen LogP contribution is 2.24. The van der Waals surface area contributed by atoms with Gasteiger partial charge in [-0.25, -0.2) is 4.98 Å². The Balaban J connectivity index is 1.39. The third-order valence-corrected chi connectivity index (χ3v) is 5.95. The van der Waals surface area contributed by atoms with Crippen molar-refractivity contribution in [1.29, 1.82) is 0 Å². The van der Waals surface area contributed by atoms with Crippen LogP contribution in [-0.4, -0.2) is 65.4 Å². The molecule has 0 aromatic carbocycles. The molecule has 1 atom stereocenters. The summed E-state index contributed by atoms with van der Waals surface area (Å²) in [4.78, 5) is 36.7. The van der Waals surface area contributed by atoms with Crippen LogP contribution in [0.5, 0.6) is 0 Å². The molecule has 0 saturated carbocycles. The lowest BCUT2D eigenvalue weighted by Gasteiger charge is -2.37. The molecular weight excluding hydrogens is 348 g/mol. The van der Waals surface area contributed by atoms with Crippen molar-refractivity contribution in [2.45, 2.75) is 18.9 Å². The molecule has 0 N–H and O–H groups in total. The summed E-state index contributed by atoms with van der Waals surface area (Å²) < 4.78 is 0. The second-order valence-electron chi connectivity index (χ2n) is 6.63. The van der Waals surface area contributed by atoms with Crippen molar-refractivity contribution in [1.82, 2.24) is 14.8 Å². The van der Waals surface area contributed by atoms with Gasteiger partial charge in [0.05, 0.1) is 4.88 Å². The number of hydrogen-bond acceptors (Lipinski definition) is 5. The first-order valence-corrected chi connectivity index (χ1v) is 9.91. The molecule has 2 amide bonds. The lowest BCUT2D eigenvalue weighted by molar-refractivity contribution is -0.135. The molecule has 4 heterocycles. The molecule has 0 radical (unpaired) electrons. The van der Waals surface area contributed by atoms with E-state index >= 15 is 0 Å². The highest BCUT2D eigenvalue weighted by Gasteiger charge is 2.38. The average molecular weight is 370 g/mol. The van der Waals surface area contributed by atoms with Gasteiger partial charge in [-0.15, -0.1) is 11.3 Å². The zero-order valence-electron chi connectivity index (χ0n) is 14.6. The molecule has 26 heavy (non-hydrogen) atoms. The molecule has 2 fully saturated rings. The highest BCUT2D eigenvalue weighted by molar-refractivity contribution is 7.12. The van der Waals surface area contributed by atoms with E-state index in [-0.39, 0.29) is 17.9 Å². The number of hydrogen-bond donors (Lipinski definition) is 0. The van der Waals surface area contributed by atoms with Crippen molar-refractivity contribution >= 4 is 29.0 Å². The fourth-order valence-electron chi connectivity index (χ4n) is 3.72. The summed E-state index contributed by atoms with van der Waals surface area (Å²) in [7, 11) is 0. The van der Waals surface area contributed by atoms with Gasteiger partial charge in [0.15, 0.2) is 0 Å². The van der Waals surface area contributed by atoms with Gasteiger partial charge in [-0.2, -0.15) is 0 Å². The van der Waals surface area contributed by atoms with Crippen LogP contribution < -0.4 is 4.90 Å². The number of carbonyl (C=O) groups is 2. The molecule has 0 unspecified atom stereocenters. The molecule has 4 rings (SSSR count). The predicted octanol–water partition coefficient (Wildman–Crippen LogP) is 2.10. The summed E-state index contributed by atoms with van der Waals surface area (Å²) in [6, 6.07) is 9.27. The van der Waals surface area contributed by atoms with Gasteiger partial charge >= 0.3 is 0 Å². The Morgan fingerprint density at radius 2 is 1.88 bits per heavy atom. The molecular formula is C19H22N4O2S. The Kier molecular flexibility index (Phi) is 4.88. The van der Waals surface area contributed by atoms with Gasteiger partial charge in [-0.3, -0.25) is 9.59 Å². The molecule has 0 bridgehead atoms. The van der Waals surface area contributed by atoms with E-state index in [0.29, 0.717) is 24.5 Å². The summed E-state index contributed by atoms with van der Waals surface area (Å²) in [5.41, 5.74) is 0. The molecule has 136 valence electrons. The van der Waals surface area contributed by atoms with Crippen LogP contribution in [0.15, 0.2) is 41.9 Å². The Bertz CT molecular complexity index is 757. The second-order valence-corrected chi connectivity index (χ2v) is 7.58. The van der Waals surface area contributed by atoms with Crippen LogP contribution in [0.4, 0.5) is 5.82 Å². The number of thiophene rings is 1. The molecule has 0 spiro atoms. The SMILES string of the molecule is O=C([C@@H]1CCCN1C(=O)c1cccs1)N1CCN(c2ccccn2)CC1. The summed E-state index contributed by atoms with van der Waals surface area (Å²) in [5.74, 6) is 1.03. The molecule has 2 saturated heterocycles. The van der Waals surface area contributed by atoms with Gasteiger partial charge in [0.2, 0.25) is 5.91 Å². The van der Waals surface area contributed by atoms with E-state index in [1.807, 2.05) is 40.6 Å². The van der Waals surface area contributed by atoms with E-state index in [9.17, 15) is 9.59 Å². The standard InChI is InChI=1S/C19H22N4O2S/c24-18(15-5-3-9-23(15)19(25)16-6-4-14-26-16)22-12-10-21(11-13-22)17-7-1-2-8-20-17/h1-2,4,6-8,14-15H,3,5,9-13H2/t15-/m0/s1.